The fraction of sp³-hybridized carbons (Fsp3) is 0.200. The van der Waals surface area contributed by atoms with Gasteiger partial charge in [0.15, 0.2) is 0 Å². The largest absolute Gasteiger partial charge is 0.0837 e. The van der Waals surface area contributed by atoms with Gasteiger partial charge in [-0.05, 0) is 29.5 Å². The van der Waals surface area contributed by atoms with Crippen molar-refractivity contribution in [3.8, 4) is 0 Å². The second-order valence-corrected chi connectivity index (χ2v) is 3.16. The zero-order chi connectivity index (χ0) is 5.86. The Balaban J connectivity index is 3.82. The first kappa shape index (κ1) is 7.69. The summed E-state index contributed by atoms with van der Waals surface area (Å²) < 4.78 is 2.12. The molecule has 0 aromatic carbocycles. The second kappa shape index (κ2) is 3.66. The van der Waals surface area contributed by atoms with Crippen LogP contribution in [0.3, 0.4) is 0 Å². The Kier molecular flexibility index (Phi) is 4.02. The van der Waals surface area contributed by atoms with Crippen LogP contribution in [0.25, 0.3) is 0 Å². The van der Waals surface area contributed by atoms with Crippen LogP contribution in [-0.4, -0.2) is 0 Å². The lowest BCUT2D eigenvalue weighted by Gasteiger charge is -1.87. The lowest BCUT2D eigenvalue weighted by atomic mass is 10.5. The molecule has 7 heavy (non-hydrogen) atoms. The van der Waals surface area contributed by atoms with Crippen LogP contribution in [0.5, 0.6) is 0 Å². The molecule has 0 atom stereocenters. The zero-order valence-corrected chi connectivity index (χ0v) is 7.78. The van der Waals surface area contributed by atoms with E-state index in [4.69, 9.17) is 0 Å². The molecule has 0 nitrogen and oxygen atoms in total. The first-order chi connectivity index (χ1) is 3.18. The third kappa shape index (κ3) is 3.29. The van der Waals surface area contributed by atoms with Crippen LogP contribution in [0.15, 0.2) is 20.7 Å². The van der Waals surface area contributed by atoms with Crippen molar-refractivity contribution in [3.05, 3.63) is 20.7 Å². The smallest absolute Gasteiger partial charge is 0.0233 e. The van der Waals surface area contributed by atoms with Crippen molar-refractivity contribution < 1.29 is 0 Å². The molecule has 0 aliphatic heterocycles. The number of hydrogen-bond donors (Lipinski definition) is 0. The molecule has 0 rings (SSSR count). The van der Waals surface area contributed by atoms with Crippen molar-refractivity contribution in [1.29, 1.82) is 0 Å². The summed E-state index contributed by atoms with van der Waals surface area (Å²) in [5.74, 6) is 0. The third-order valence-electron chi connectivity index (χ3n) is 0.513. The number of allylic oxidation sites excluding steroid dienone is 3. The number of halogens is 2. The van der Waals surface area contributed by atoms with E-state index in [0.29, 0.717) is 0 Å². The first-order valence-corrected chi connectivity index (χ1v) is 3.72. The summed E-state index contributed by atoms with van der Waals surface area (Å²) in [5, 5.41) is 0. The first-order valence-electron chi connectivity index (χ1n) is 1.85. The minimum Gasteiger partial charge on any atom is -0.0837 e. The van der Waals surface area contributed by atoms with E-state index in [2.05, 4.69) is 45.1 Å². The average molecular weight is 273 g/mol. The molecule has 0 amide bonds. The van der Waals surface area contributed by atoms with Gasteiger partial charge in [-0.25, -0.2) is 0 Å². The summed E-state index contributed by atoms with van der Waals surface area (Å²) in [6, 6.07) is 0. The van der Waals surface area contributed by atoms with E-state index in [-0.39, 0.29) is 0 Å². The molecule has 0 aromatic heterocycles. The molecule has 40 valence electrons. The summed E-state index contributed by atoms with van der Waals surface area (Å²) >= 11 is 5.44. The molecule has 0 radical (unpaired) electrons. The highest BCUT2D eigenvalue weighted by molar-refractivity contribution is 14.1. The van der Waals surface area contributed by atoms with Crippen LogP contribution >= 0.6 is 38.5 Å². The molecule has 0 heterocycles. The fourth-order valence-corrected chi connectivity index (χ4v) is 0.386. The van der Waals surface area contributed by atoms with Crippen molar-refractivity contribution in [2.24, 2.45) is 0 Å². The SMILES string of the molecule is C=C(Br)/C(I)=C\C. The zero-order valence-electron chi connectivity index (χ0n) is 4.04. The molecule has 0 aromatic rings. The normalized spacial score (nSPS) is 11.6. The van der Waals surface area contributed by atoms with Gasteiger partial charge in [-0.15, -0.1) is 0 Å². The Hall–Kier alpha value is 0.690. The minimum absolute atomic E-state index is 0.954. The molecule has 0 spiro atoms. The minimum atomic E-state index is 0.954. The van der Waals surface area contributed by atoms with Crippen molar-refractivity contribution in [1.82, 2.24) is 0 Å². The molecule has 0 aliphatic carbocycles. The van der Waals surface area contributed by atoms with Gasteiger partial charge in [0, 0.05) is 8.06 Å². The Bertz CT molecular complexity index is 105. The van der Waals surface area contributed by atoms with Gasteiger partial charge < -0.3 is 0 Å². The molecule has 0 fully saturated rings. The molecule has 0 saturated carbocycles. The van der Waals surface area contributed by atoms with Crippen LogP contribution in [0.4, 0.5) is 0 Å². The molecular formula is C5H6BrI. The quantitative estimate of drug-likeness (QED) is 0.508. The summed E-state index contributed by atoms with van der Waals surface area (Å²) in [6.07, 6.45) is 2.00. The topological polar surface area (TPSA) is 0 Å². The van der Waals surface area contributed by atoms with Crippen LogP contribution in [0.2, 0.25) is 0 Å². The van der Waals surface area contributed by atoms with Gasteiger partial charge in [-0.3, -0.25) is 0 Å². The van der Waals surface area contributed by atoms with E-state index in [1.807, 2.05) is 13.0 Å². The van der Waals surface area contributed by atoms with Gasteiger partial charge in [0.1, 0.15) is 0 Å². The maximum atomic E-state index is 3.67. The van der Waals surface area contributed by atoms with Gasteiger partial charge in [-0.2, -0.15) is 0 Å². The average Bonchev–Trinajstić information content (AvgIpc) is 1.65. The summed E-state index contributed by atoms with van der Waals surface area (Å²) in [7, 11) is 0. The van der Waals surface area contributed by atoms with Crippen molar-refractivity contribution in [2.45, 2.75) is 6.92 Å². The van der Waals surface area contributed by atoms with Crippen LogP contribution in [-0.2, 0) is 0 Å². The van der Waals surface area contributed by atoms with Crippen LogP contribution in [0, 0.1) is 0 Å². The second-order valence-electron chi connectivity index (χ2n) is 1.04. The van der Waals surface area contributed by atoms with E-state index < -0.39 is 0 Å². The highest BCUT2D eigenvalue weighted by Crippen LogP contribution is 2.20. The van der Waals surface area contributed by atoms with Gasteiger partial charge >= 0.3 is 0 Å². The maximum absolute atomic E-state index is 3.67. The molecule has 0 unspecified atom stereocenters. The van der Waals surface area contributed by atoms with Crippen LogP contribution < -0.4 is 0 Å². The molecular weight excluding hydrogens is 267 g/mol. The number of rotatable bonds is 1. The van der Waals surface area contributed by atoms with Gasteiger partial charge in [0.25, 0.3) is 0 Å². The molecule has 0 N–H and O–H groups in total. The van der Waals surface area contributed by atoms with Gasteiger partial charge in [0.2, 0.25) is 0 Å². The van der Waals surface area contributed by atoms with Gasteiger partial charge in [0.05, 0.1) is 0 Å². The van der Waals surface area contributed by atoms with Crippen molar-refractivity contribution >= 4 is 38.5 Å². The summed E-state index contributed by atoms with van der Waals surface area (Å²) in [5.41, 5.74) is 0. The van der Waals surface area contributed by atoms with Crippen LogP contribution in [0.1, 0.15) is 6.92 Å². The lowest BCUT2D eigenvalue weighted by molar-refractivity contribution is 1.72. The van der Waals surface area contributed by atoms with Crippen molar-refractivity contribution in [2.75, 3.05) is 0 Å². The van der Waals surface area contributed by atoms with E-state index in [1.165, 1.54) is 0 Å². The summed E-state index contributed by atoms with van der Waals surface area (Å²) in [4.78, 5) is 0. The van der Waals surface area contributed by atoms with Crippen molar-refractivity contribution in [3.63, 3.8) is 0 Å². The Morgan fingerprint density at radius 2 is 2.29 bits per heavy atom. The predicted octanol–water partition coefficient (Wildman–Crippen LogP) is 3.23. The Morgan fingerprint density at radius 3 is 2.29 bits per heavy atom. The molecule has 0 aliphatic rings. The summed E-state index contributed by atoms with van der Waals surface area (Å²) in [6.45, 7) is 5.65. The Labute approximate surface area is 65.9 Å². The highest BCUT2D eigenvalue weighted by Gasteiger charge is 1.86. The highest BCUT2D eigenvalue weighted by atomic mass is 127. The number of hydrogen-bond acceptors (Lipinski definition) is 0. The molecule has 0 saturated heterocycles. The maximum Gasteiger partial charge on any atom is 0.0233 e. The Morgan fingerprint density at radius 1 is 1.86 bits per heavy atom. The van der Waals surface area contributed by atoms with Gasteiger partial charge in [-0.1, -0.05) is 28.6 Å². The van der Waals surface area contributed by atoms with E-state index in [0.717, 1.165) is 8.06 Å². The van der Waals surface area contributed by atoms with E-state index in [1.54, 1.807) is 0 Å². The molecule has 0 bridgehead atoms. The third-order valence-corrected chi connectivity index (χ3v) is 2.95. The monoisotopic (exact) mass is 272 g/mol. The fourth-order valence-electron chi connectivity index (χ4n) is 0.157. The lowest BCUT2D eigenvalue weighted by Crippen LogP contribution is -1.60. The molecule has 2 heteroatoms. The predicted molar refractivity (Wildman–Crippen MR) is 45.8 cm³/mol. The standard InChI is InChI=1S/C5H6BrI/c1-3-5(7)4(2)6/h3H,2H2,1H3/b5-3+. The van der Waals surface area contributed by atoms with E-state index in [9.17, 15) is 0 Å². The van der Waals surface area contributed by atoms with E-state index >= 15 is 0 Å².